The smallest absolute Gasteiger partial charge is 0.336 e. The maximum Gasteiger partial charge on any atom is 0.336 e. The largest absolute Gasteiger partial charge is 0.468 e. The van der Waals surface area contributed by atoms with Gasteiger partial charge < -0.3 is 14.4 Å². The average molecular weight is 275 g/mol. The number of carbonyl (C=O) groups is 2. The van der Waals surface area contributed by atoms with Gasteiger partial charge in [0, 0.05) is 18.4 Å². The molecule has 0 N–H and O–H groups in total. The molecule has 1 heterocycles. The van der Waals surface area contributed by atoms with Gasteiger partial charge in [-0.3, -0.25) is 4.79 Å². The summed E-state index contributed by atoms with van der Waals surface area (Å²) in [5.74, 6) is -1.73. The second-order valence-electron chi connectivity index (χ2n) is 4.38. The summed E-state index contributed by atoms with van der Waals surface area (Å²) in [5.41, 5.74) is 1.95. The molecule has 0 aliphatic carbocycles. The SMILES string of the molecule is CCN1C=C(C(=O)OC)C(C(=O)OC)c2ccccc21. The minimum atomic E-state index is -0.744. The fourth-order valence-electron chi connectivity index (χ4n) is 2.39. The molecule has 0 saturated heterocycles. The van der Waals surface area contributed by atoms with Crippen molar-refractivity contribution in [3.05, 3.63) is 41.6 Å². The highest BCUT2D eigenvalue weighted by Gasteiger charge is 2.36. The summed E-state index contributed by atoms with van der Waals surface area (Å²) in [7, 11) is 2.61. The van der Waals surface area contributed by atoms with Crippen molar-refractivity contribution in [3.63, 3.8) is 0 Å². The number of rotatable bonds is 3. The molecule has 1 atom stereocenters. The van der Waals surface area contributed by atoms with Crippen LogP contribution in [0.15, 0.2) is 36.0 Å². The minimum absolute atomic E-state index is 0.292. The van der Waals surface area contributed by atoms with Crippen LogP contribution in [0, 0.1) is 0 Å². The van der Waals surface area contributed by atoms with Gasteiger partial charge in [0.05, 0.1) is 19.8 Å². The van der Waals surface area contributed by atoms with Crippen molar-refractivity contribution in [3.8, 4) is 0 Å². The van der Waals surface area contributed by atoms with Gasteiger partial charge in [-0.05, 0) is 18.6 Å². The molecule has 0 aromatic heterocycles. The van der Waals surface area contributed by atoms with Gasteiger partial charge in [0.25, 0.3) is 0 Å². The van der Waals surface area contributed by atoms with Gasteiger partial charge in [0.2, 0.25) is 0 Å². The number of carbonyl (C=O) groups excluding carboxylic acids is 2. The van der Waals surface area contributed by atoms with E-state index in [1.165, 1.54) is 14.2 Å². The Kier molecular flexibility index (Phi) is 4.08. The molecule has 0 radical (unpaired) electrons. The van der Waals surface area contributed by atoms with Crippen LogP contribution in [0.2, 0.25) is 0 Å². The number of fused-ring (bicyclic) bond motifs is 1. The van der Waals surface area contributed by atoms with Gasteiger partial charge >= 0.3 is 11.9 Å². The summed E-state index contributed by atoms with van der Waals surface area (Å²) in [4.78, 5) is 25.9. The van der Waals surface area contributed by atoms with Gasteiger partial charge in [-0.15, -0.1) is 0 Å². The van der Waals surface area contributed by atoms with E-state index in [-0.39, 0.29) is 0 Å². The highest BCUT2D eigenvalue weighted by atomic mass is 16.5. The second kappa shape index (κ2) is 5.77. The third-order valence-electron chi connectivity index (χ3n) is 3.36. The first-order chi connectivity index (χ1) is 9.63. The number of nitrogens with zero attached hydrogens (tertiary/aromatic N) is 1. The topological polar surface area (TPSA) is 55.8 Å². The molecule has 0 fully saturated rings. The zero-order chi connectivity index (χ0) is 14.7. The van der Waals surface area contributed by atoms with Crippen molar-refractivity contribution in [2.45, 2.75) is 12.8 Å². The molecular weight excluding hydrogens is 258 g/mol. The normalized spacial score (nSPS) is 17.1. The molecule has 2 rings (SSSR count). The molecule has 1 aromatic carbocycles. The lowest BCUT2D eigenvalue weighted by Gasteiger charge is -2.31. The van der Waals surface area contributed by atoms with E-state index in [0.717, 1.165) is 11.3 Å². The van der Waals surface area contributed by atoms with Crippen LogP contribution in [0.5, 0.6) is 0 Å². The molecule has 1 aromatic rings. The summed E-state index contributed by atoms with van der Waals surface area (Å²) >= 11 is 0. The number of para-hydroxylation sites is 1. The maximum absolute atomic E-state index is 12.1. The van der Waals surface area contributed by atoms with Gasteiger partial charge in [0.1, 0.15) is 5.92 Å². The molecule has 0 amide bonds. The molecule has 1 aliphatic rings. The number of esters is 2. The average Bonchev–Trinajstić information content (AvgIpc) is 2.51. The van der Waals surface area contributed by atoms with Gasteiger partial charge in [0.15, 0.2) is 0 Å². The molecule has 5 nitrogen and oxygen atoms in total. The molecule has 1 unspecified atom stereocenters. The van der Waals surface area contributed by atoms with Crippen molar-refractivity contribution in [2.24, 2.45) is 0 Å². The van der Waals surface area contributed by atoms with E-state index in [9.17, 15) is 9.59 Å². The first kappa shape index (κ1) is 14.1. The van der Waals surface area contributed by atoms with Crippen molar-refractivity contribution >= 4 is 17.6 Å². The van der Waals surface area contributed by atoms with E-state index < -0.39 is 17.9 Å². The first-order valence-electron chi connectivity index (χ1n) is 6.37. The minimum Gasteiger partial charge on any atom is -0.468 e. The third kappa shape index (κ3) is 2.27. The molecule has 1 aliphatic heterocycles. The fourth-order valence-corrected chi connectivity index (χ4v) is 2.39. The molecule has 20 heavy (non-hydrogen) atoms. The van der Waals surface area contributed by atoms with E-state index in [1.54, 1.807) is 6.20 Å². The Morgan fingerprint density at radius 1 is 1.20 bits per heavy atom. The standard InChI is InChI=1S/C15H17NO4/c1-4-16-9-11(14(17)19-2)13(15(18)20-3)10-7-5-6-8-12(10)16/h5-9,13H,4H2,1-3H3. The van der Waals surface area contributed by atoms with Crippen LogP contribution < -0.4 is 4.90 Å². The molecule has 0 bridgehead atoms. The Balaban J connectivity index is 2.59. The lowest BCUT2D eigenvalue weighted by atomic mass is 9.87. The molecule has 0 saturated carbocycles. The van der Waals surface area contributed by atoms with E-state index in [0.29, 0.717) is 12.1 Å². The van der Waals surface area contributed by atoms with Gasteiger partial charge in [-0.2, -0.15) is 0 Å². The zero-order valence-electron chi connectivity index (χ0n) is 11.8. The Morgan fingerprint density at radius 3 is 2.50 bits per heavy atom. The van der Waals surface area contributed by atoms with E-state index in [2.05, 4.69) is 0 Å². The number of anilines is 1. The van der Waals surface area contributed by atoms with Crippen LogP contribution in [-0.2, 0) is 19.1 Å². The van der Waals surface area contributed by atoms with Crippen molar-refractivity contribution in [2.75, 3.05) is 25.7 Å². The van der Waals surface area contributed by atoms with E-state index >= 15 is 0 Å². The Labute approximate surface area is 117 Å². The number of benzene rings is 1. The summed E-state index contributed by atoms with van der Waals surface area (Å²) < 4.78 is 9.62. The number of hydrogen-bond donors (Lipinski definition) is 0. The van der Waals surface area contributed by atoms with Crippen LogP contribution in [-0.4, -0.2) is 32.7 Å². The number of ether oxygens (including phenoxy) is 2. The highest BCUT2D eigenvalue weighted by Crippen LogP contribution is 2.38. The maximum atomic E-state index is 12.1. The lowest BCUT2D eigenvalue weighted by Crippen LogP contribution is -2.31. The van der Waals surface area contributed by atoms with Crippen LogP contribution >= 0.6 is 0 Å². The monoisotopic (exact) mass is 275 g/mol. The fraction of sp³-hybridized carbons (Fsp3) is 0.333. The van der Waals surface area contributed by atoms with Crippen LogP contribution in [0.3, 0.4) is 0 Å². The van der Waals surface area contributed by atoms with Gasteiger partial charge in [-0.1, -0.05) is 18.2 Å². The Bertz CT molecular complexity index is 565. The second-order valence-corrected chi connectivity index (χ2v) is 4.38. The van der Waals surface area contributed by atoms with Crippen molar-refractivity contribution < 1.29 is 19.1 Å². The number of methoxy groups -OCH3 is 2. The Hall–Kier alpha value is -2.30. The molecule has 106 valence electrons. The predicted octanol–water partition coefficient (Wildman–Crippen LogP) is 1.84. The summed E-state index contributed by atoms with van der Waals surface area (Å²) in [6.45, 7) is 2.66. The van der Waals surface area contributed by atoms with E-state index in [1.807, 2.05) is 36.1 Å². The summed E-state index contributed by atoms with van der Waals surface area (Å²) in [6, 6.07) is 7.48. The lowest BCUT2D eigenvalue weighted by molar-refractivity contribution is -0.144. The predicted molar refractivity (Wildman–Crippen MR) is 74.3 cm³/mol. The molecular formula is C15H17NO4. The van der Waals surface area contributed by atoms with Crippen LogP contribution in [0.25, 0.3) is 0 Å². The summed E-state index contributed by atoms with van der Waals surface area (Å²) in [6.07, 6.45) is 1.66. The molecule has 5 heteroatoms. The van der Waals surface area contributed by atoms with E-state index in [4.69, 9.17) is 9.47 Å². The highest BCUT2D eigenvalue weighted by molar-refractivity contribution is 6.01. The third-order valence-corrected chi connectivity index (χ3v) is 3.36. The van der Waals surface area contributed by atoms with Crippen LogP contribution in [0.4, 0.5) is 5.69 Å². The number of hydrogen-bond acceptors (Lipinski definition) is 5. The first-order valence-corrected chi connectivity index (χ1v) is 6.37. The Morgan fingerprint density at radius 2 is 1.90 bits per heavy atom. The quantitative estimate of drug-likeness (QED) is 0.788. The zero-order valence-corrected chi connectivity index (χ0v) is 11.8. The van der Waals surface area contributed by atoms with Crippen molar-refractivity contribution in [1.82, 2.24) is 0 Å². The van der Waals surface area contributed by atoms with Gasteiger partial charge in [-0.25, -0.2) is 4.79 Å². The summed E-state index contributed by atoms with van der Waals surface area (Å²) in [5, 5.41) is 0. The molecule has 0 spiro atoms. The van der Waals surface area contributed by atoms with Crippen molar-refractivity contribution in [1.29, 1.82) is 0 Å². The van der Waals surface area contributed by atoms with Crippen LogP contribution in [0.1, 0.15) is 18.4 Å².